The summed E-state index contributed by atoms with van der Waals surface area (Å²) in [6, 6.07) is 9.31. The molecule has 0 aliphatic heterocycles. The van der Waals surface area contributed by atoms with E-state index >= 15 is 0 Å². The molecule has 0 spiro atoms. The molecule has 1 aliphatic carbocycles. The highest BCUT2D eigenvalue weighted by atomic mass is 127. The molecule has 2 atom stereocenters. The first-order valence-corrected chi connectivity index (χ1v) is 8.43. The van der Waals surface area contributed by atoms with Gasteiger partial charge in [0.25, 0.3) is 0 Å². The van der Waals surface area contributed by atoms with Crippen LogP contribution in [-0.2, 0) is 6.42 Å². The number of halogens is 3. The van der Waals surface area contributed by atoms with Crippen molar-refractivity contribution in [3.63, 3.8) is 0 Å². The van der Waals surface area contributed by atoms with E-state index in [0.717, 1.165) is 18.4 Å². The first kappa shape index (κ1) is 18.5. The van der Waals surface area contributed by atoms with E-state index in [-0.39, 0.29) is 46.8 Å². The number of thiophene rings is 1. The molecule has 0 amide bonds. The van der Waals surface area contributed by atoms with Crippen LogP contribution in [0.4, 0.5) is 4.39 Å². The van der Waals surface area contributed by atoms with Crippen molar-refractivity contribution in [2.24, 2.45) is 10.7 Å². The van der Waals surface area contributed by atoms with Crippen molar-refractivity contribution in [3.05, 3.63) is 57.0 Å². The van der Waals surface area contributed by atoms with Gasteiger partial charge in [0.15, 0.2) is 5.96 Å². The predicted octanol–water partition coefficient (Wildman–Crippen LogP) is 4.16. The number of guanidine groups is 1. The zero-order valence-corrected chi connectivity index (χ0v) is 16.2. The summed E-state index contributed by atoms with van der Waals surface area (Å²) in [6.07, 6.45) is 1.83. The summed E-state index contributed by atoms with van der Waals surface area (Å²) in [4.78, 5) is 5.64. The van der Waals surface area contributed by atoms with E-state index in [9.17, 15) is 4.39 Å². The summed E-state index contributed by atoms with van der Waals surface area (Å²) in [7, 11) is 0. The zero-order chi connectivity index (χ0) is 15.5. The fourth-order valence-electron chi connectivity index (χ4n) is 2.44. The van der Waals surface area contributed by atoms with E-state index in [4.69, 9.17) is 17.3 Å². The van der Waals surface area contributed by atoms with E-state index < -0.39 is 0 Å². The van der Waals surface area contributed by atoms with Crippen molar-refractivity contribution >= 4 is 52.9 Å². The molecule has 1 fully saturated rings. The summed E-state index contributed by atoms with van der Waals surface area (Å²) in [5.41, 5.74) is 6.85. The number of hydrogen-bond donors (Lipinski definition) is 2. The summed E-state index contributed by atoms with van der Waals surface area (Å²) >= 11 is 7.42. The monoisotopic (exact) mass is 465 g/mol. The summed E-state index contributed by atoms with van der Waals surface area (Å²) < 4.78 is 13.5. The maximum Gasteiger partial charge on any atom is 0.188 e. The molecule has 1 saturated carbocycles. The normalized spacial score (nSPS) is 20.0. The van der Waals surface area contributed by atoms with Crippen LogP contribution < -0.4 is 11.1 Å². The second-order valence-corrected chi connectivity index (χ2v) is 6.80. The van der Waals surface area contributed by atoms with E-state index in [0.29, 0.717) is 12.5 Å². The lowest BCUT2D eigenvalue weighted by Gasteiger charge is -2.06. The quantitative estimate of drug-likeness (QED) is 0.396. The van der Waals surface area contributed by atoms with Gasteiger partial charge in [-0.2, -0.15) is 0 Å². The second kappa shape index (κ2) is 8.30. The third-order valence-corrected chi connectivity index (χ3v) is 4.96. The molecule has 0 radical (unpaired) electrons. The Kier molecular flexibility index (Phi) is 6.67. The fraction of sp³-hybridized carbons (Fsp3) is 0.312. The van der Waals surface area contributed by atoms with Gasteiger partial charge in [-0.15, -0.1) is 35.3 Å². The molecule has 1 aromatic carbocycles. The highest BCUT2D eigenvalue weighted by Crippen LogP contribution is 2.41. The molecule has 1 aromatic heterocycles. The van der Waals surface area contributed by atoms with Crippen molar-refractivity contribution in [2.75, 3.05) is 6.54 Å². The molecule has 7 heteroatoms. The van der Waals surface area contributed by atoms with Gasteiger partial charge in [0.05, 0.1) is 5.02 Å². The van der Waals surface area contributed by atoms with Gasteiger partial charge in [0.1, 0.15) is 5.82 Å². The lowest BCUT2D eigenvalue weighted by molar-refractivity contribution is 0.625. The maximum absolute atomic E-state index is 13.5. The van der Waals surface area contributed by atoms with Gasteiger partial charge >= 0.3 is 0 Å². The number of nitrogens with zero attached hydrogens (tertiary/aromatic N) is 1. The van der Waals surface area contributed by atoms with Crippen molar-refractivity contribution < 1.29 is 4.39 Å². The van der Waals surface area contributed by atoms with Crippen LogP contribution in [-0.4, -0.2) is 18.5 Å². The lowest BCUT2D eigenvalue weighted by Crippen LogP contribution is -2.34. The standard InChI is InChI=1S/C16H17ClFN3S.HI/c17-13-4-3-10(8-14(13)18)12-9-15(12)21-16(19)20-6-5-11-2-1-7-22-11;/h1-4,7-8,12,15H,5-6,9H2,(H3,19,20,21);1H/t12-,15+;/m0./s1. The Bertz CT molecular complexity index is 678. The summed E-state index contributed by atoms with van der Waals surface area (Å²) in [5, 5.41) is 5.40. The van der Waals surface area contributed by atoms with Crippen LogP contribution in [0.1, 0.15) is 22.8 Å². The number of rotatable bonds is 5. The highest BCUT2D eigenvalue weighted by Gasteiger charge is 2.39. The van der Waals surface area contributed by atoms with Gasteiger partial charge in [-0.25, -0.2) is 4.39 Å². The Hall–Kier alpha value is -0.860. The van der Waals surface area contributed by atoms with Gasteiger partial charge in [-0.3, -0.25) is 4.99 Å². The summed E-state index contributed by atoms with van der Waals surface area (Å²) in [6.45, 7) is 0.673. The molecule has 2 aromatic rings. The Morgan fingerprint density at radius 3 is 2.96 bits per heavy atom. The molecule has 124 valence electrons. The average Bonchev–Trinajstić information content (AvgIpc) is 3.04. The van der Waals surface area contributed by atoms with Crippen LogP contribution in [0.2, 0.25) is 5.02 Å². The van der Waals surface area contributed by atoms with E-state index in [1.165, 1.54) is 10.9 Å². The maximum atomic E-state index is 13.5. The van der Waals surface area contributed by atoms with Crippen molar-refractivity contribution in [1.29, 1.82) is 0 Å². The minimum Gasteiger partial charge on any atom is -0.370 e. The second-order valence-electron chi connectivity index (χ2n) is 5.36. The largest absolute Gasteiger partial charge is 0.370 e. The van der Waals surface area contributed by atoms with Gasteiger partial charge in [0, 0.05) is 29.8 Å². The molecule has 3 N–H and O–H groups in total. The fourth-order valence-corrected chi connectivity index (χ4v) is 3.26. The van der Waals surface area contributed by atoms with Gasteiger partial charge in [-0.1, -0.05) is 23.7 Å². The van der Waals surface area contributed by atoms with Crippen LogP contribution in [0.25, 0.3) is 0 Å². The van der Waals surface area contributed by atoms with E-state index in [1.807, 2.05) is 12.1 Å². The number of aliphatic imine (C=N–C) groups is 1. The molecule has 3 nitrogen and oxygen atoms in total. The molecule has 3 rings (SSSR count). The Morgan fingerprint density at radius 1 is 1.43 bits per heavy atom. The van der Waals surface area contributed by atoms with Gasteiger partial charge in [-0.05, 0) is 35.6 Å². The predicted molar refractivity (Wildman–Crippen MR) is 106 cm³/mol. The van der Waals surface area contributed by atoms with Crippen LogP contribution in [0.3, 0.4) is 0 Å². The topological polar surface area (TPSA) is 50.4 Å². The SMILES string of the molecule is I.NC(=NCCc1cccs1)N[C@@H]1C[C@H]1c1ccc(Cl)c(F)c1. The third kappa shape index (κ3) is 5.06. The molecule has 23 heavy (non-hydrogen) atoms. The van der Waals surface area contributed by atoms with E-state index in [1.54, 1.807) is 17.4 Å². The lowest BCUT2D eigenvalue weighted by atomic mass is 10.1. The Labute approximate surface area is 161 Å². The zero-order valence-electron chi connectivity index (χ0n) is 12.3. The first-order valence-electron chi connectivity index (χ1n) is 7.17. The molecule has 1 heterocycles. The smallest absolute Gasteiger partial charge is 0.188 e. The number of hydrogen-bond acceptors (Lipinski definition) is 2. The number of nitrogens with one attached hydrogen (secondary N) is 1. The molecular formula is C16H18ClFIN3S. The van der Waals surface area contributed by atoms with Crippen LogP contribution >= 0.6 is 46.9 Å². The van der Waals surface area contributed by atoms with Crippen LogP contribution in [0.5, 0.6) is 0 Å². The highest BCUT2D eigenvalue weighted by molar-refractivity contribution is 14.0. The third-order valence-electron chi connectivity index (χ3n) is 3.72. The first-order chi connectivity index (χ1) is 10.6. The minimum atomic E-state index is -0.373. The minimum absolute atomic E-state index is 0. The summed E-state index contributed by atoms with van der Waals surface area (Å²) in [5.74, 6) is 0.360. The van der Waals surface area contributed by atoms with Crippen molar-refractivity contribution in [2.45, 2.75) is 24.8 Å². The van der Waals surface area contributed by atoms with Gasteiger partial charge < -0.3 is 11.1 Å². The van der Waals surface area contributed by atoms with Crippen LogP contribution in [0.15, 0.2) is 40.7 Å². The van der Waals surface area contributed by atoms with E-state index in [2.05, 4.69) is 21.8 Å². The Balaban J connectivity index is 0.00000192. The molecule has 1 aliphatic rings. The number of benzene rings is 1. The molecular weight excluding hydrogens is 448 g/mol. The van der Waals surface area contributed by atoms with Gasteiger partial charge in [0.2, 0.25) is 0 Å². The Morgan fingerprint density at radius 2 is 2.26 bits per heavy atom. The van der Waals surface area contributed by atoms with Crippen LogP contribution in [0, 0.1) is 5.82 Å². The molecule has 0 bridgehead atoms. The van der Waals surface area contributed by atoms with Crippen molar-refractivity contribution in [3.8, 4) is 0 Å². The van der Waals surface area contributed by atoms with Crippen molar-refractivity contribution in [1.82, 2.24) is 5.32 Å². The molecule has 0 unspecified atom stereocenters. The number of nitrogens with two attached hydrogens (primary N) is 1. The average molecular weight is 466 g/mol. The molecule has 0 saturated heterocycles.